The van der Waals surface area contributed by atoms with Gasteiger partial charge in [0, 0.05) is 6.54 Å². The van der Waals surface area contributed by atoms with E-state index in [0.717, 1.165) is 18.8 Å². The predicted octanol–water partition coefficient (Wildman–Crippen LogP) is 1.67. The van der Waals surface area contributed by atoms with Crippen LogP contribution in [0, 0.1) is 6.92 Å². The van der Waals surface area contributed by atoms with Crippen LogP contribution in [0.2, 0.25) is 0 Å². The number of aromatic amines is 1. The molecule has 0 fully saturated rings. The molecule has 9 heteroatoms. The third-order valence-corrected chi connectivity index (χ3v) is 2.85. The lowest BCUT2D eigenvalue weighted by Crippen LogP contribution is -2.07. The minimum atomic E-state index is 0.313. The number of aryl methyl sites for hydroxylation is 1. The Balaban J connectivity index is 2.18. The maximum Gasteiger partial charge on any atom is 0.322 e. The highest BCUT2D eigenvalue weighted by Gasteiger charge is 2.11. The third kappa shape index (κ3) is 4.05. The van der Waals surface area contributed by atoms with Crippen molar-refractivity contribution in [3.8, 4) is 6.01 Å². The molecule has 8 nitrogen and oxygen atoms in total. The molecular formula is C11H17N7OS. The van der Waals surface area contributed by atoms with Gasteiger partial charge in [-0.1, -0.05) is 6.92 Å². The number of hydrogen-bond donors (Lipinski definition) is 2. The first-order chi connectivity index (χ1) is 9.71. The van der Waals surface area contributed by atoms with Crippen LogP contribution in [0.5, 0.6) is 6.01 Å². The lowest BCUT2D eigenvalue weighted by atomic mass is 10.5. The summed E-state index contributed by atoms with van der Waals surface area (Å²) in [5, 5.41) is 10.9. The van der Waals surface area contributed by atoms with E-state index in [1.807, 2.05) is 20.8 Å². The Morgan fingerprint density at radius 1 is 1.15 bits per heavy atom. The van der Waals surface area contributed by atoms with Crippen molar-refractivity contribution in [3.05, 3.63) is 5.82 Å². The molecule has 0 aliphatic carbocycles. The predicted molar refractivity (Wildman–Crippen MR) is 75.0 cm³/mol. The van der Waals surface area contributed by atoms with Gasteiger partial charge in [-0.2, -0.15) is 15.0 Å². The minimum absolute atomic E-state index is 0.313. The number of nitrogens with one attached hydrogen (secondary N) is 2. The van der Waals surface area contributed by atoms with Gasteiger partial charge in [0.05, 0.1) is 6.61 Å². The zero-order chi connectivity index (χ0) is 14.4. The normalized spacial score (nSPS) is 10.6. The molecule has 0 aliphatic heterocycles. The van der Waals surface area contributed by atoms with Gasteiger partial charge in [-0.15, -0.1) is 5.10 Å². The third-order valence-electron chi connectivity index (χ3n) is 2.12. The Labute approximate surface area is 121 Å². The van der Waals surface area contributed by atoms with Crippen molar-refractivity contribution in [1.82, 2.24) is 30.1 Å². The van der Waals surface area contributed by atoms with Crippen LogP contribution < -0.4 is 10.1 Å². The lowest BCUT2D eigenvalue weighted by molar-refractivity contribution is 0.288. The molecule has 0 bridgehead atoms. The summed E-state index contributed by atoms with van der Waals surface area (Å²) in [6, 6.07) is 0.313. The molecule has 2 aromatic rings. The van der Waals surface area contributed by atoms with Crippen LogP contribution in [0.1, 0.15) is 26.1 Å². The first kappa shape index (κ1) is 14.5. The summed E-state index contributed by atoms with van der Waals surface area (Å²) >= 11 is 1.26. The van der Waals surface area contributed by atoms with E-state index in [4.69, 9.17) is 4.74 Å². The number of anilines is 1. The molecule has 0 radical (unpaired) electrons. The maximum atomic E-state index is 5.46. The van der Waals surface area contributed by atoms with Gasteiger partial charge in [0.15, 0.2) is 0 Å². The Hall–Kier alpha value is -1.90. The van der Waals surface area contributed by atoms with Crippen molar-refractivity contribution in [2.75, 3.05) is 18.5 Å². The average Bonchev–Trinajstić information content (AvgIpc) is 2.82. The van der Waals surface area contributed by atoms with Gasteiger partial charge in [-0.3, -0.25) is 5.10 Å². The summed E-state index contributed by atoms with van der Waals surface area (Å²) in [5.74, 6) is 1.24. The van der Waals surface area contributed by atoms with E-state index in [0.29, 0.717) is 28.9 Å². The SMILES string of the molecule is CCCOc1nc(NCC)nc(Sc2n[nH]c(C)n2)n1. The van der Waals surface area contributed by atoms with Crippen molar-refractivity contribution in [3.63, 3.8) is 0 Å². The fourth-order valence-corrected chi connectivity index (χ4v) is 2.02. The fraction of sp³-hybridized carbons (Fsp3) is 0.545. The van der Waals surface area contributed by atoms with Crippen molar-refractivity contribution in [1.29, 1.82) is 0 Å². The van der Waals surface area contributed by atoms with Crippen LogP contribution in [-0.2, 0) is 0 Å². The Kier molecular flexibility index (Phi) is 5.10. The summed E-state index contributed by atoms with van der Waals surface area (Å²) < 4.78 is 5.46. The number of ether oxygens (including phenoxy) is 1. The van der Waals surface area contributed by atoms with E-state index in [-0.39, 0.29) is 0 Å². The highest BCUT2D eigenvalue weighted by molar-refractivity contribution is 7.99. The average molecular weight is 295 g/mol. The summed E-state index contributed by atoms with van der Waals surface area (Å²) in [6.45, 7) is 7.13. The van der Waals surface area contributed by atoms with E-state index >= 15 is 0 Å². The zero-order valence-electron chi connectivity index (χ0n) is 11.7. The maximum absolute atomic E-state index is 5.46. The molecule has 2 rings (SSSR count). The van der Waals surface area contributed by atoms with Crippen LogP contribution >= 0.6 is 11.8 Å². The summed E-state index contributed by atoms with van der Waals surface area (Å²) in [4.78, 5) is 16.9. The molecule has 2 aromatic heterocycles. The van der Waals surface area contributed by atoms with E-state index in [2.05, 4.69) is 35.5 Å². The van der Waals surface area contributed by atoms with E-state index in [9.17, 15) is 0 Å². The van der Waals surface area contributed by atoms with Crippen molar-refractivity contribution >= 4 is 17.7 Å². The van der Waals surface area contributed by atoms with Crippen LogP contribution in [0.4, 0.5) is 5.95 Å². The molecule has 108 valence electrons. The van der Waals surface area contributed by atoms with Gasteiger partial charge < -0.3 is 10.1 Å². The zero-order valence-corrected chi connectivity index (χ0v) is 12.5. The van der Waals surface area contributed by atoms with Gasteiger partial charge in [-0.05, 0) is 32.0 Å². The van der Waals surface area contributed by atoms with Gasteiger partial charge in [0.25, 0.3) is 0 Å². The molecule has 20 heavy (non-hydrogen) atoms. The standard InChI is InChI=1S/C11H17N7OS/c1-4-6-19-9-14-8(12-5-2)15-10(16-9)20-11-13-7(3)17-18-11/h4-6H2,1-3H3,(H,13,17,18)(H,12,14,15,16). The van der Waals surface area contributed by atoms with Gasteiger partial charge in [-0.25, -0.2) is 4.98 Å². The molecule has 0 aliphatic rings. The Morgan fingerprint density at radius 3 is 2.65 bits per heavy atom. The quantitative estimate of drug-likeness (QED) is 0.795. The minimum Gasteiger partial charge on any atom is -0.463 e. The molecule has 0 aromatic carbocycles. The van der Waals surface area contributed by atoms with E-state index in [1.54, 1.807) is 0 Å². The summed E-state index contributed by atoms with van der Waals surface area (Å²) in [5.41, 5.74) is 0. The second kappa shape index (κ2) is 7.04. The number of aromatic nitrogens is 6. The topological polar surface area (TPSA) is 102 Å². The Morgan fingerprint density at radius 2 is 2.00 bits per heavy atom. The van der Waals surface area contributed by atoms with Crippen molar-refractivity contribution in [2.45, 2.75) is 37.5 Å². The van der Waals surface area contributed by atoms with Crippen LogP contribution in [-0.4, -0.2) is 43.3 Å². The number of nitrogens with zero attached hydrogens (tertiary/aromatic N) is 5. The smallest absolute Gasteiger partial charge is 0.322 e. The molecule has 0 saturated carbocycles. The molecule has 0 saturated heterocycles. The van der Waals surface area contributed by atoms with Crippen LogP contribution in [0.3, 0.4) is 0 Å². The first-order valence-electron chi connectivity index (χ1n) is 6.40. The lowest BCUT2D eigenvalue weighted by Gasteiger charge is -2.07. The molecule has 0 amide bonds. The van der Waals surface area contributed by atoms with Gasteiger partial charge in [0.2, 0.25) is 16.3 Å². The highest BCUT2D eigenvalue weighted by Crippen LogP contribution is 2.23. The number of rotatable bonds is 7. The van der Waals surface area contributed by atoms with E-state index < -0.39 is 0 Å². The van der Waals surface area contributed by atoms with E-state index in [1.165, 1.54) is 11.8 Å². The molecule has 0 unspecified atom stereocenters. The Bertz CT molecular complexity index is 559. The van der Waals surface area contributed by atoms with Gasteiger partial charge in [0.1, 0.15) is 5.82 Å². The second-order valence-corrected chi connectivity index (χ2v) is 4.84. The highest BCUT2D eigenvalue weighted by atomic mass is 32.2. The summed E-state index contributed by atoms with van der Waals surface area (Å²) in [6.07, 6.45) is 0.894. The second-order valence-electron chi connectivity index (χ2n) is 3.91. The molecule has 2 N–H and O–H groups in total. The van der Waals surface area contributed by atoms with Gasteiger partial charge >= 0.3 is 6.01 Å². The monoisotopic (exact) mass is 295 g/mol. The molecule has 0 spiro atoms. The summed E-state index contributed by atoms with van der Waals surface area (Å²) in [7, 11) is 0. The first-order valence-corrected chi connectivity index (χ1v) is 7.22. The molecular weight excluding hydrogens is 278 g/mol. The fourth-order valence-electron chi connectivity index (χ4n) is 1.33. The number of hydrogen-bond acceptors (Lipinski definition) is 8. The van der Waals surface area contributed by atoms with Crippen LogP contribution in [0.15, 0.2) is 10.3 Å². The van der Waals surface area contributed by atoms with Crippen LogP contribution in [0.25, 0.3) is 0 Å². The molecule has 2 heterocycles. The number of H-pyrrole nitrogens is 1. The largest absolute Gasteiger partial charge is 0.463 e. The molecule has 0 atom stereocenters. The van der Waals surface area contributed by atoms with Crippen molar-refractivity contribution in [2.24, 2.45) is 0 Å². The van der Waals surface area contributed by atoms with Crippen molar-refractivity contribution < 1.29 is 4.74 Å².